The Hall–Kier alpha value is -2.35. The van der Waals surface area contributed by atoms with Crippen molar-refractivity contribution in [2.45, 2.75) is 6.92 Å². The predicted molar refractivity (Wildman–Crippen MR) is 72.3 cm³/mol. The van der Waals surface area contributed by atoms with Gasteiger partial charge in [0.1, 0.15) is 16.4 Å². The number of hydrogen-bond donors (Lipinski definition) is 2. The first-order valence-electron chi connectivity index (χ1n) is 5.81. The number of hydrogen-bond acceptors (Lipinski definition) is 6. The highest BCUT2D eigenvalue weighted by molar-refractivity contribution is 7.13. The van der Waals surface area contributed by atoms with Crippen molar-refractivity contribution < 1.29 is 14.7 Å². The lowest BCUT2D eigenvalue weighted by Crippen LogP contribution is -2.31. The molecular formula is C12H12N4O3S. The van der Waals surface area contributed by atoms with E-state index in [1.807, 2.05) is 0 Å². The fourth-order valence-corrected chi connectivity index (χ4v) is 2.09. The van der Waals surface area contributed by atoms with Gasteiger partial charge in [0.2, 0.25) is 0 Å². The van der Waals surface area contributed by atoms with E-state index in [1.54, 1.807) is 24.0 Å². The van der Waals surface area contributed by atoms with Crippen LogP contribution in [0.2, 0.25) is 0 Å². The summed E-state index contributed by atoms with van der Waals surface area (Å²) in [5, 5.41) is 13.5. The quantitative estimate of drug-likeness (QED) is 0.853. The van der Waals surface area contributed by atoms with Crippen LogP contribution in [0.5, 0.6) is 0 Å². The van der Waals surface area contributed by atoms with E-state index >= 15 is 0 Å². The molecule has 2 aromatic rings. The van der Waals surface area contributed by atoms with E-state index < -0.39 is 17.8 Å². The number of aliphatic carboxylic acids is 1. The number of carboxylic acids is 1. The summed E-state index contributed by atoms with van der Waals surface area (Å²) in [7, 11) is 0. The first-order valence-corrected chi connectivity index (χ1v) is 6.69. The summed E-state index contributed by atoms with van der Waals surface area (Å²) in [6, 6.07) is 0. The molecule has 0 saturated carbocycles. The summed E-state index contributed by atoms with van der Waals surface area (Å²) in [6.45, 7) is 1.58. The Morgan fingerprint density at radius 2 is 2.25 bits per heavy atom. The second kappa shape index (κ2) is 6.20. The van der Waals surface area contributed by atoms with Gasteiger partial charge in [0.05, 0.1) is 12.1 Å². The van der Waals surface area contributed by atoms with Gasteiger partial charge in [-0.1, -0.05) is 6.92 Å². The molecule has 1 atom stereocenters. The van der Waals surface area contributed by atoms with Crippen molar-refractivity contribution in [3.63, 3.8) is 0 Å². The van der Waals surface area contributed by atoms with E-state index in [1.165, 1.54) is 18.3 Å². The van der Waals surface area contributed by atoms with Gasteiger partial charge in [0.25, 0.3) is 5.91 Å². The number of nitrogens with one attached hydrogen (secondary N) is 1. The fraction of sp³-hybridized carbons (Fsp3) is 0.250. The summed E-state index contributed by atoms with van der Waals surface area (Å²) >= 11 is 1.28. The number of carbonyl (C=O) groups is 2. The van der Waals surface area contributed by atoms with Crippen molar-refractivity contribution in [2.75, 3.05) is 6.54 Å². The molecule has 0 saturated heterocycles. The molecule has 8 heteroatoms. The maximum Gasteiger partial charge on any atom is 0.308 e. The molecule has 0 aliphatic carbocycles. The molecule has 0 aliphatic rings. The first kappa shape index (κ1) is 14.1. The van der Waals surface area contributed by atoms with E-state index in [2.05, 4.69) is 20.3 Å². The van der Waals surface area contributed by atoms with Crippen molar-refractivity contribution in [3.05, 3.63) is 29.7 Å². The molecule has 2 rings (SSSR count). The molecule has 2 N–H and O–H groups in total. The Balaban J connectivity index is 2.02. The van der Waals surface area contributed by atoms with Crippen LogP contribution in [0.25, 0.3) is 10.7 Å². The molecule has 0 aliphatic heterocycles. The lowest BCUT2D eigenvalue weighted by atomic mass is 10.2. The molecule has 0 fully saturated rings. The van der Waals surface area contributed by atoms with E-state index in [-0.39, 0.29) is 12.2 Å². The van der Waals surface area contributed by atoms with Crippen molar-refractivity contribution >= 4 is 23.2 Å². The highest BCUT2D eigenvalue weighted by Crippen LogP contribution is 2.20. The second-order valence-corrected chi connectivity index (χ2v) is 4.94. The van der Waals surface area contributed by atoms with Crippen molar-refractivity contribution in [1.82, 2.24) is 20.3 Å². The van der Waals surface area contributed by atoms with Gasteiger partial charge in [-0.25, -0.2) is 4.98 Å². The molecule has 0 radical (unpaired) electrons. The molecular weight excluding hydrogens is 280 g/mol. The van der Waals surface area contributed by atoms with Gasteiger partial charge in [0, 0.05) is 24.3 Å². The largest absolute Gasteiger partial charge is 0.481 e. The van der Waals surface area contributed by atoms with Crippen LogP contribution in [0.1, 0.15) is 17.4 Å². The Morgan fingerprint density at radius 3 is 2.90 bits per heavy atom. The lowest BCUT2D eigenvalue weighted by Gasteiger charge is -2.06. The van der Waals surface area contributed by atoms with Crippen molar-refractivity contribution in [1.29, 1.82) is 0 Å². The molecule has 0 bridgehead atoms. The van der Waals surface area contributed by atoms with Crippen LogP contribution in [-0.4, -0.2) is 38.5 Å². The highest BCUT2D eigenvalue weighted by Gasteiger charge is 2.15. The molecule has 104 valence electrons. The van der Waals surface area contributed by atoms with E-state index in [4.69, 9.17) is 5.11 Å². The summed E-state index contributed by atoms with van der Waals surface area (Å²) < 4.78 is 0. The molecule has 2 aromatic heterocycles. The second-order valence-electron chi connectivity index (χ2n) is 4.08. The fourth-order valence-electron chi connectivity index (χ4n) is 1.33. The lowest BCUT2D eigenvalue weighted by molar-refractivity contribution is -0.140. The Labute approximate surface area is 118 Å². The number of aromatic nitrogens is 3. The van der Waals surface area contributed by atoms with Crippen LogP contribution in [0.15, 0.2) is 24.0 Å². The van der Waals surface area contributed by atoms with Crippen LogP contribution in [0, 0.1) is 5.92 Å². The van der Waals surface area contributed by atoms with Crippen LogP contribution in [0.3, 0.4) is 0 Å². The zero-order valence-corrected chi connectivity index (χ0v) is 11.4. The monoisotopic (exact) mass is 292 g/mol. The Bertz CT molecular complexity index is 614. The molecule has 2 heterocycles. The minimum absolute atomic E-state index is 0.0617. The van der Waals surface area contributed by atoms with Gasteiger partial charge in [-0.2, -0.15) is 0 Å². The number of carbonyl (C=O) groups excluding carboxylic acids is 1. The van der Waals surface area contributed by atoms with Crippen LogP contribution in [-0.2, 0) is 4.79 Å². The average molecular weight is 292 g/mol. The first-order chi connectivity index (χ1) is 9.58. The topological polar surface area (TPSA) is 105 Å². The average Bonchev–Trinajstić information content (AvgIpc) is 2.95. The number of amides is 1. The predicted octanol–water partition coefficient (Wildman–Crippen LogP) is 1.05. The van der Waals surface area contributed by atoms with E-state index in [0.717, 1.165) is 0 Å². The molecule has 20 heavy (non-hydrogen) atoms. The standard InChI is InChI=1S/C12H12N4O3S/c1-7(12(18)19)4-15-10(17)9-6-20-11(16-9)8-5-13-2-3-14-8/h2-3,5-7H,4H2,1H3,(H,15,17)(H,18,19). The van der Waals surface area contributed by atoms with Crippen molar-refractivity contribution in [3.8, 4) is 10.7 Å². The molecule has 1 unspecified atom stereocenters. The third-order valence-corrected chi connectivity index (χ3v) is 3.37. The normalized spacial score (nSPS) is 11.8. The summed E-state index contributed by atoms with van der Waals surface area (Å²) in [6.07, 6.45) is 4.66. The number of thiazole rings is 1. The summed E-state index contributed by atoms with van der Waals surface area (Å²) in [5.74, 6) is -2.00. The molecule has 0 spiro atoms. The van der Waals surface area contributed by atoms with Gasteiger partial charge in [-0.3, -0.25) is 19.6 Å². The zero-order chi connectivity index (χ0) is 14.5. The summed E-state index contributed by atoms with van der Waals surface area (Å²) in [4.78, 5) is 34.7. The number of nitrogens with zero attached hydrogens (tertiary/aromatic N) is 3. The van der Waals surface area contributed by atoms with Crippen LogP contribution < -0.4 is 5.32 Å². The SMILES string of the molecule is CC(CNC(=O)c1csc(-c2cnccn2)n1)C(=O)O. The minimum atomic E-state index is -0.955. The van der Waals surface area contributed by atoms with E-state index in [9.17, 15) is 9.59 Å². The maximum atomic E-state index is 11.8. The molecule has 7 nitrogen and oxygen atoms in total. The Kier molecular flexibility index (Phi) is 4.36. The van der Waals surface area contributed by atoms with Gasteiger partial charge in [0.15, 0.2) is 0 Å². The minimum Gasteiger partial charge on any atom is -0.481 e. The van der Waals surface area contributed by atoms with Gasteiger partial charge >= 0.3 is 5.97 Å². The number of carboxylic acid groups (broad SMARTS) is 1. The molecule has 0 aromatic carbocycles. The summed E-state index contributed by atoms with van der Waals surface area (Å²) in [5.41, 5.74) is 0.837. The smallest absolute Gasteiger partial charge is 0.308 e. The third kappa shape index (κ3) is 3.35. The number of rotatable bonds is 5. The third-order valence-electron chi connectivity index (χ3n) is 2.51. The van der Waals surface area contributed by atoms with Crippen molar-refractivity contribution in [2.24, 2.45) is 5.92 Å². The molecule has 1 amide bonds. The van der Waals surface area contributed by atoms with E-state index in [0.29, 0.717) is 10.7 Å². The van der Waals surface area contributed by atoms with Gasteiger partial charge in [-0.15, -0.1) is 11.3 Å². The highest BCUT2D eigenvalue weighted by atomic mass is 32.1. The van der Waals surface area contributed by atoms with Crippen LogP contribution in [0.4, 0.5) is 0 Å². The Morgan fingerprint density at radius 1 is 1.45 bits per heavy atom. The van der Waals surface area contributed by atoms with Gasteiger partial charge < -0.3 is 10.4 Å². The van der Waals surface area contributed by atoms with Crippen LogP contribution >= 0.6 is 11.3 Å². The zero-order valence-electron chi connectivity index (χ0n) is 10.6. The van der Waals surface area contributed by atoms with Gasteiger partial charge in [-0.05, 0) is 0 Å². The maximum absolute atomic E-state index is 11.8.